The Kier molecular flexibility index (Phi) is 5.16. The molecule has 2 heterocycles. The highest BCUT2D eigenvalue weighted by atomic mass is 16.5. The minimum Gasteiger partial charge on any atom is -0.497 e. The number of anilines is 1. The van der Waals surface area contributed by atoms with Crippen molar-refractivity contribution in [3.63, 3.8) is 0 Å². The third-order valence-corrected chi connectivity index (χ3v) is 5.10. The molecular formula is C23H24N4O2. The first kappa shape index (κ1) is 18.9. The largest absolute Gasteiger partial charge is 0.497 e. The Morgan fingerprint density at radius 1 is 1.07 bits per heavy atom. The van der Waals surface area contributed by atoms with Crippen molar-refractivity contribution in [3.8, 4) is 17.1 Å². The quantitative estimate of drug-likeness (QED) is 0.685. The number of carbonyl (C=O) groups is 1. The van der Waals surface area contributed by atoms with Crippen LogP contribution in [-0.2, 0) is 13.0 Å². The zero-order valence-electron chi connectivity index (χ0n) is 16.9. The monoisotopic (exact) mass is 388 g/mol. The summed E-state index contributed by atoms with van der Waals surface area (Å²) in [6, 6.07) is 17.3. The molecule has 0 aliphatic carbocycles. The number of methoxy groups -OCH3 is 1. The second kappa shape index (κ2) is 7.91. The minimum atomic E-state index is -0.00797. The van der Waals surface area contributed by atoms with Crippen molar-refractivity contribution in [2.24, 2.45) is 0 Å². The first-order chi connectivity index (χ1) is 14.1. The summed E-state index contributed by atoms with van der Waals surface area (Å²) in [6.45, 7) is 1.12. The van der Waals surface area contributed by atoms with Crippen LogP contribution in [0.4, 0.5) is 5.82 Å². The van der Waals surface area contributed by atoms with E-state index in [1.54, 1.807) is 13.2 Å². The van der Waals surface area contributed by atoms with Crippen LogP contribution in [0.1, 0.15) is 21.6 Å². The molecule has 148 valence electrons. The van der Waals surface area contributed by atoms with Gasteiger partial charge in [-0.05, 0) is 18.2 Å². The summed E-state index contributed by atoms with van der Waals surface area (Å²) in [4.78, 5) is 26.5. The average Bonchev–Trinajstić information content (AvgIpc) is 2.78. The van der Waals surface area contributed by atoms with Gasteiger partial charge in [-0.25, -0.2) is 9.97 Å². The molecule has 0 atom stereocenters. The smallest absolute Gasteiger partial charge is 0.254 e. The Morgan fingerprint density at radius 3 is 2.59 bits per heavy atom. The van der Waals surface area contributed by atoms with Gasteiger partial charge in [0, 0.05) is 43.8 Å². The number of carbonyl (C=O) groups excluding carboxylic acids is 1. The molecule has 0 unspecified atom stereocenters. The molecule has 6 heteroatoms. The Labute approximate surface area is 170 Å². The summed E-state index contributed by atoms with van der Waals surface area (Å²) in [5.41, 5.74) is 3.64. The van der Waals surface area contributed by atoms with Gasteiger partial charge in [0.05, 0.1) is 19.3 Å². The predicted octanol–water partition coefficient (Wildman–Crippen LogP) is 3.42. The number of aromatic nitrogens is 2. The normalized spacial score (nSPS) is 13.0. The lowest BCUT2D eigenvalue weighted by molar-refractivity contribution is 0.0733. The minimum absolute atomic E-state index is 0.00797. The van der Waals surface area contributed by atoms with Crippen molar-refractivity contribution in [1.29, 1.82) is 0 Å². The van der Waals surface area contributed by atoms with Crippen LogP contribution in [0.2, 0.25) is 0 Å². The fourth-order valence-corrected chi connectivity index (χ4v) is 3.59. The van der Waals surface area contributed by atoms with E-state index in [2.05, 4.69) is 0 Å². The van der Waals surface area contributed by atoms with Gasteiger partial charge < -0.3 is 14.5 Å². The predicted molar refractivity (Wildman–Crippen MR) is 113 cm³/mol. The van der Waals surface area contributed by atoms with E-state index in [0.29, 0.717) is 30.8 Å². The zero-order valence-corrected chi connectivity index (χ0v) is 16.9. The second-order valence-electron chi connectivity index (χ2n) is 7.27. The fourth-order valence-electron chi connectivity index (χ4n) is 3.59. The molecule has 0 spiro atoms. The molecule has 1 aliphatic rings. The first-order valence-electron chi connectivity index (χ1n) is 9.62. The zero-order chi connectivity index (χ0) is 20.4. The van der Waals surface area contributed by atoms with Gasteiger partial charge in [-0.2, -0.15) is 0 Å². The summed E-state index contributed by atoms with van der Waals surface area (Å²) in [6.07, 6.45) is 0.703. The lowest BCUT2D eigenvalue weighted by atomic mass is 10.0. The van der Waals surface area contributed by atoms with E-state index in [0.717, 1.165) is 28.5 Å². The molecular weight excluding hydrogens is 364 g/mol. The van der Waals surface area contributed by atoms with Crippen LogP contribution in [0.25, 0.3) is 11.4 Å². The number of rotatable bonds is 4. The Hall–Kier alpha value is -3.41. The van der Waals surface area contributed by atoms with Crippen LogP contribution in [0.3, 0.4) is 0 Å². The van der Waals surface area contributed by atoms with Crippen LogP contribution in [0.15, 0.2) is 54.6 Å². The summed E-state index contributed by atoms with van der Waals surface area (Å²) < 4.78 is 5.26. The Morgan fingerprint density at radius 2 is 1.86 bits per heavy atom. The van der Waals surface area contributed by atoms with Crippen LogP contribution in [-0.4, -0.2) is 48.5 Å². The second-order valence-corrected chi connectivity index (χ2v) is 7.27. The number of nitrogens with zero attached hydrogens (tertiary/aromatic N) is 4. The van der Waals surface area contributed by atoms with Gasteiger partial charge in [0.15, 0.2) is 5.82 Å². The van der Waals surface area contributed by atoms with Crippen molar-refractivity contribution in [2.75, 3.05) is 32.6 Å². The molecule has 3 aromatic rings. The van der Waals surface area contributed by atoms with Crippen LogP contribution < -0.4 is 9.64 Å². The highest BCUT2D eigenvalue weighted by molar-refractivity contribution is 5.94. The maximum atomic E-state index is 13.1. The van der Waals surface area contributed by atoms with Crippen molar-refractivity contribution in [1.82, 2.24) is 14.9 Å². The number of hydrogen-bond acceptors (Lipinski definition) is 5. The molecule has 0 saturated carbocycles. The highest BCUT2D eigenvalue weighted by Crippen LogP contribution is 2.29. The molecule has 0 saturated heterocycles. The molecule has 6 nitrogen and oxygen atoms in total. The van der Waals surface area contributed by atoms with Crippen molar-refractivity contribution in [2.45, 2.75) is 13.0 Å². The molecule has 29 heavy (non-hydrogen) atoms. The van der Waals surface area contributed by atoms with E-state index in [1.165, 1.54) is 0 Å². The third-order valence-electron chi connectivity index (χ3n) is 5.10. The summed E-state index contributed by atoms with van der Waals surface area (Å²) >= 11 is 0. The summed E-state index contributed by atoms with van der Waals surface area (Å²) in [5.74, 6) is 2.25. The van der Waals surface area contributed by atoms with Gasteiger partial charge in [0.2, 0.25) is 0 Å². The van der Waals surface area contributed by atoms with Gasteiger partial charge in [0.1, 0.15) is 11.6 Å². The van der Waals surface area contributed by atoms with Gasteiger partial charge in [-0.15, -0.1) is 0 Å². The molecule has 1 amide bonds. The van der Waals surface area contributed by atoms with Gasteiger partial charge >= 0.3 is 0 Å². The lowest BCUT2D eigenvalue weighted by Gasteiger charge is -2.31. The fraction of sp³-hybridized carbons (Fsp3) is 0.261. The standard InChI is InChI=1S/C23H24N4O2/c1-26(2)22-19-15-27(23(28)17-10-7-11-18(14-17)29-3)13-12-20(19)24-21(25-22)16-8-5-4-6-9-16/h4-11,14H,12-13,15H2,1-3H3. The topological polar surface area (TPSA) is 58.6 Å². The SMILES string of the molecule is COc1cccc(C(=O)N2CCc3nc(-c4ccccc4)nc(N(C)C)c3C2)c1. The molecule has 2 aromatic carbocycles. The van der Waals surface area contributed by atoms with Gasteiger partial charge in [-0.1, -0.05) is 36.4 Å². The van der Waals surface area contributed by atoms with Gasteiger partial charge in [-0.3, -0.25) is 4.79 Å². The summed E-state index contributed by atoms with van der Waals surface area (Å²) in [5, 5.41) is 0. The molecule has 0 bridgehead atoms. The number of ether oxygens (including phenoxy) is 1. The summed E-state index contributed by atoms with van der Waals surface area (Å²) in [7, 11) is 5.55. The van der Waals surface area contributed by atoms with Crippen molar-refractivity contribution >= 4 is 11.7 Å². The molecule has 0 radical (unpaired) electrons. The van der Waals surface area contributed by atoms with Crippen LogP contribution >= 0.6 is 0 Å². The van der Waals surface area contributed by atoms with E-state index >= 15 is 0 Å². The number of amides is 1. The first-order valence-corrected chi connectivity index (χ1v) is 9.62. The van der Waals surface area contributed by atoms with E-state index in [4.69, 9.17) is 14.7 Å². The van der Waals surface area contributed by atoms with Crippen molar-refractivity contribution in [3.05, 3.63) is 71.4 Å². The van der Waals surface area contributed by atoms with Crippen LogP contribution in [0, 0.1) is 0 Å². The lowest BCUT2D eigenvalue weighted by Crippen LogP contribution is -2.37. The number of benzene rings is 2. The molecule has 0 fully saturated rings. The molecule has 0 N–H and O–H groups in total. The van der Waals surface area contributed by atoms with Crippen LogP contribution in [0.5, 0.6) is 5.75 Å². The van der Waals surface area contributed by atoms with Crippen molar-refractivity contribution < 1.29 is 9.53 Å². The van der Waals surface area contributed by atoms with E-state index in [9.17, 15) is 4.79 Å². The van der Waals surface area contributed by atoms with E-state index in [-0.39, 0.29) is 5.91 Å². The number of hydrogen-bond donors (Lipinski definition) is 0. The van der Waals surface area contributed by atoms with Gasteiger partial charge in [0.25, 0.3) is 5.91 Å². The third kappa shape index (κ3) is 3.78. The molecule has 1 aliphatic heterocycles. The molecule has 1 aromatic heterocycles. The Bertz CT molecular complexity index is 1030. The highest BCUT2D eigenvalue weighted by Gasteiger charge is 2.27. The number of fused-ring (bicyclic) bond motifs is 1. The Balaban J connectivity index is 1.67. The van der Waals surface area contributed by atoms with E-state index in [1.807, 2.05) is 72.4 Å². The maximum absolute atomic E-state index is 13.1. The molecule has 4 rings (SSSR count). The average molecular weight is 388 g/mol. The van der Waals surface area contributed by atoms with E-state index < -0.39 is 0 Å². The maximum Gasteiger partial charge on any atom is 0.254 e.